The van der Waals surface area contributed by atoms with Gasteiger partial charge in [-0.05, 0) is 42.5 Å². The molecule has 2 aromatic heterocycles. The summed E-state index contributed by atoms with van der Waals surface area (Å²) in [6.07, 6.45) is 3.39. The summed E-state index contributed by atoms with van der Waals surface area (Å²) in [5.74, 6) is 1.08. The van der Waals surface area contributed by atoms with Crippen LogP contribution in [0.3, 0.4) is 0 Å². The van der Waals surface area contributed by atoms with Gasteiger partial charge in [0.05, 0.1) is 25.6 Å². The minimum atomic E-state index is 0.416. The average molecular weight is 436 g/mol. The monoisotopic (exact) mass is 434 g/mol. The van der Waals surface area contributed by atoms with Gasteiger partial charge in [0.2, 0.25) is 0 Å². The third-order valence-corrected chi connectivity index (χ3v) is 5.30. The van der Waals surface area contributed by atoms with E-state index in [0.29, 0.717) is 37.2 Å². The van der Waals surface area contributed by atoms with Gasteiger partial charge in [0.15, 0.2) is 5.82 Å². The Hall–Kier alpha value is -2.11. The third kappa shape index (κ3) is 3.80. The van der Waals surface area contributed by atoms with Gasteiger partial charge >= 0.3 is 0 Å². The van der Waals surface area contributed by atoms with Crippen molar-refractivity contribution in [2.45, 2.75) is 0 Å². The molecule has 0 radical (unpaired) electrons. The average Bonchev–Trinajstić information content (AvgIpc) is 2.67. The molecule has 2 aromatic carbocycles. The highest BCUT2D eigenvalue weighted by Crippen LogP contribution is 2.34. The predicted octanol–water partition coefficient (Wildman–Crippen LogP) is 7.05. The zero-order valence-corrected chi connectivity index (χ0v) is 16.6. The summed E-state index contributed by atoms with van der Waals surface area (Å²) in [7, 11) is 0. The molecule has 4 rings (SSSR count). The first-order chi connectivity index (χ1) is 13.0. The van der Waals surface area contributed by atoms with Gasteiger partial charge < -0.3 is 5.32 Å². The fourth-order valence-electron chi connectivity index (χ4n) is 2.55. The van der Waals surface area contributed by atoms with Gasteiger partial charge in [-0.2, -0.15) is 0 Å². The van der Waals surface area contributed by atoms with Gasteiger partial charge in [-0.3, -0.25) is 4.98 Å². The summed E-state index contributed by atoms with van der Waals surface area (Å²) < 4.78 is 0. The van der Waals surface area contributed by atoms with Gasteiger partial charge in [0, 0.05) is 29.0 Å². The molecule has 27 heavy (non-hydrogen) atoms. The van der Waals surface area contributed by atoms with E-state index in [-0.39, 0.29) is 0 Å². The van der Waals surface area contributed by atoms with Crippen LogP contribution in [0.4, 0.5) is 11.5 Å². The molecule has 4 nitrogen and oxygen atoms in total. The molecule has 4 aromatic rings. The van der Waals surface area contributed by atoms with E-state index in [1.54, 1.807) is 36.7 Å². The van der Waals surface area contributed by atoms with Crippen molar-refractivity contribution in [3.63, 3.8) is 0 Å². The second-order valence-electron chi connectivity index (χ2n) is 5.67. The molecule has 0 aliphatic carbocycles. The number of nitrogens with one attached hydrogen (secondary N) is 1. The SMILES string of the molecule is Clc1ccc(Nc2nc(-c3cccnc3)nc3cc(Cl)c(Cl)cc23)cc1Cl. The number of benzene rings is 2. The molecule has 0 aliphatic heterocycles. The Kier molecular flexibility index (Phi) is 5.06. The van der Waals surface area contributed by atoms with E-state index in [0.717, 1.165) is 16.6 Å². The second kappa shape index (κ2) is 7.49. The lowest BCUT2D eigenvalue weighted by Crippen LogP contribution is -2.00. The van der Waals surface area contributed by atoms with Crippen LogP contribution in [0.5, 0.6) is 0 Å². The summed E-state index contributed by atoms with van der Waals surface area (Å²) in [5.41, 5.74) is 2.16. The Morgan fingerprint density at radius 1 is 0.778 bits per heavy atom. The minimum absolute atomic E-state index is 0.416. The number of halogens is 4. The fourth-order valence-corrected chi connectivity index (χ4v) is 3.17. The highest BCUT2D eigenvalue weighted by atomic mass is 35.5. The Morgan fingerprint density at radius 2 is 1.56 bits per heavy atom. The van der Waals surface area contributed by atoms with Crippen LogP contribution in [0.25, 0.3) is 22.3 Å². The number of hydrogen-bond acceptors (Lipinski definition) is 4. The van der Waals surface area contributed by atoms with Crippen molar-refractivity contribution >= 4 is 68.8 Å². The maximum Gasteiger partial charge on any atom is 0.163 e. The van der Waals surface area contributed by atoms with Crippen LogP contribution in [0, 0.1) is 0 Å². The largest absolute Gasteiger partial charge is 0.340 e. The van der Waals surface area contributed by atoms with Gasteiger partial charge in [0.25, 0.3) is 0 Å². The molecular weight excluding hydrogens is 426 g/mol. The number of anilines is 2. The smallest absolute Gasteiger partial charge is 0.163 e. The standard InChI is InChI=1S/C19H10Cl4N4/c20-13-4-3-11(6-14(13)21)25-19-12-7-15(22)16(23)8-17(12)26-18(27-19)10-2-1-5-24-9-10/h1-9H,(H,25,26,27). The first-order valence-corrected chi connectivity index (χ1v) is 9.32. The quantitative estimate of drug-likeness (QED) is 0.374. The fraction of sp³-hybridized carbons (Fsp3) is 0. The molecule has 8 heteroatoms. The van der Waals surface area contributed by atoms with Crippen LogP contribution in [0.2, 0.25) is 20.1 Å². The molecule has 0 amide bonds. The summed E-state index contributed by atoms with van der Waals surface area (Å²) >= 11 is 24.5. The molecule has 0 aliphatic rings. The highest BCUT2D eigenvalue weighted by Gasteiger charge is 2.13. The van der Waals surface area contributed by atoms with Gasteiger partial charge in [0.1, 0.15) is 5.82 Å². The molecule has 1 N–H and O–H groups in total. The van der Waals surface area contributed by atoms with Crippen LogP contribution in [-0.4, -0.2) is 15.0 Å². The molecule has 2 heterocycles. The maximum atomic E-state index is 6.20. The van der Waals surface area contributed by atoms with E-state index in [2.05, 4.69) is 20.3 Å². The number of nitrogens with zero attached hydrogens (tertiary/aromatic N) is 3. The lowest BCUT2D eigenvalue weighted by molar-refractivity contribution is 1.20. The van der Waals surface area contributed by atoms with Crippen molar-refractivity contribution in [3.8, 4) is 11.4 Å². The van der Waals surface area contributed by atoms with E-state index >= 15 is 0 Å². The van der Waals surface area contributed by atoms with Crippen LogP contribution in [0.1, 0.15) is 0 Å². The molecule has 134 valence electrons. The van der Waals surface area contributed by atoms with Crippen molar-refractivity contribution in [1.29, 1.82) is 0 Å². The first kappa shape index (κ1) is 18.3. The third-order valence-electron chi connectivity index (χ3n) is 3.84. The molecule has 0 spiro atoms. The van der Waals surface area contributed by atoms with Crippen LogP contribution in [-0.2, 0) is 0 Å². The predicted molar refractivity (Wildman–Crippen MR) is 113 cm³/mol. The van der Waals surface area contributed by atoms with Crippen molar-refractivity contribution in [2.75, 3.05) is 5.32 Å². The minimum Gasteiger partial charge on any atom is -0.340 e. The summed E-state index contributed by atoms with van der Waals surface area (Å²) in [4.78, 5) is 13.4. The molecule has 0 saturated carbocycles. The number of hydrogen-bond donors (Lipinski definition) is 1. The molecule has 0 bridgehead atoms. The zero-order chi connectivity index (χ0) is 19.0. The van der Waals surface area contributed by atoms with Crippen molar-refractivity contribution in [3.05, 3.63) is 74.9 Å². The maximum absolute atomic E-state index is 6.20. The lowest BCUT2D eigenvalue weighted by Gasteiger charge is -2.12. The summed E-state index contributed by atoms with van der Waals surface area (Å²) in [6.45, 7) is 0. The Bertz CT molecular complexity index is 1150. The number of fused-ring (bicyclic) bond motifs is 1. The number of rotatable bonds is 3. The topological polar surface area (TPSA) is 50.7 Å². The van der Waals surface area contributed by atoms with Gasteiger partial charge in [-0.15, -0.1) is 0 Å². The second-order valence-corrected chi connectivity index (χ2v) is 7.30. The first-order valence-electron chi connectivity index (χ1n) is 7.80. The zero-order valence-electron chi connectivity index (χ0n) is 13.5. The molecule has 0 saturated heterocycles. The van der Waals surface area contributed by atoms with E-state index in [9.17, 15) is 0 Å². The summed E-state index contributed by atoms with van der Waals surface area (Å²) in [5, 5.41) is 5.72. The van der Waals surface area contributed by atoms with E-state index in [1.165, 1.54) is 0 Å². The number of aromatic nitrogens is 3. The van der Waals surface area contributed by atoms with Crippen LogP contribution >= 0.6 is 46.4 Å². The molecule has 0 unspecified atom stereocenters. The Morgan fingerprint density at radius 3 is 2.30 bits per heavy atom. The highest BCUT2D eigenvalue weighted by molar-refractivity contribution is 6.43. The molecular formula is C19H10Cl4N4. The van der Waals surface area contributed by atoms with Gasteiger partial charge in [-0.1, -0.05) is 46.4 Å². The Balaban J connectivity index is 1.90. The van der Waals surface area contributed by atoms with E-state index in [4.69, 9.17) is 46.4 Å². The Labute approximate surface area is 175 Å². The van der Waals surface area contributed by atoms with Crippen molar-refractivity contribution < 1.29 is 0 Å². The van der Waals surface area contributed by atoms with Crippen LogP contribution < -0.4 is 5.32 Å². The van der Waals surface area contributed by atoms with E-state index in [1.807, 2.05) is 18.2 Å². The molecule has 0 fully saturated rings. The lowest BCUT2D eigenvalue weighted by atomic mass is 10.2. The van der Waals surface area contributed by atoms with E-state index < -0.39 is 0 Å². The summed E-state index contributed by atoms with van der Waals surface area (Å²) in [6, 6.07) is 12.4. The van der Waals surface area contributed by atoms with Crippen molar-refractivity contribution in [1.82, 2.24) is 15.0 Å². The van der Waals surface area contributed by atoms with Crippen LogP contribution in [0.15, 0.2) is 54.9 Å². The van der Waals surface area contributed by atoms with Gasteiger partial charge in [-0.25, -0.2) is 9.97 Å². The number of pyridine rings is 1. The normalized spacial score (nSPS) is 11.0. The van der Waals surface area contributed by atoms with Crippen molar-refractivity contribution in [2.24, 2.45) is 0 Å². The molecule has 0 atom stereocenters.